The summed E-state index contributed by atoms with van der Waals surface area (Å²) in [6.07, 6.45) is 5.06. The Morgan fingerprint density at radius 3 is 2.54 bits per heavy atom. The molecule has 4 rings (SSSR count). The number of allylic oxidation sites excluding steroid dienone is 1. The third-order valence-corrected chi connectivity index (χ3v) is 9.51. The highest BCUT2D eigenvalue weighted by atomic mass is 79.9. The molecule has 224 valence electrons. The van der Waals surface area contributed by atoms with Crippen molar-refractivity contribution in [1.82, 2.24) is 4.90 Å². The Bertz CT molecular complexity index is 1170. The van der Waals surface area contributed by atoms with Gasteiger partial charge in [-0.1, -0.05) is 60.1 Å². The van der Waals surface area contributed by atoms with E-state index in [0.29, 0.717) is 25.7 Å². The number of unbranched alkanes of at least 4 members (excludes halogenated alkanes) is 1. The van der Waals surface area contributed by atoms with Crippen LogP contribution in [0.25, 0.3) is 0 Å². The second kappa shape index (κ2) is 12.8. The zero-order valence-corrected chi connectivity index (χ0v) is 26.1. The molecule has 9 heteroatoms. The highest BCUT2D eigenvalue weighted by Crippen LogP contribution is 2.61. The summed E-state index contributed by atoms with van der Waals surface area (Å²) in [5.74, 6) is -2.70. The zero-order chi connectivity index (χ0) is 30.1. The lowest BCUT2D eigenvalue weighted by Crippen LogP contribution is -2.59. The number of ether oxygens (including phenoxy) is 2. The van der Waals surface area contributed by atoms with Crippen molar-refractivity contribution in [3.63, 3.8) is 0 Å². The summed E-state index contributed by atoms with van der Waals surface area (Å²) in [5.41, 5.74) is 1.36. The molecule has 0 aromatic heterocycles. The Kier molecular flexibility index (Phi) is 9.81. The number of nitrogens with zero attached hydrogens (tertiary/aromatic N) is 2. The van der Waals surface area contributed by atoms with Gasteiger partial charge in [-0.25, -0.2) is 0 Å². The summed E-state index contributed by atoms with van der Waals surface area (Å²) >= 11 is 3.71. The molecule has 3 aliphatic heterocycles. The number of carbonyl (C=O) groups excluding carboxylic acids is 3. The van der Waals surface area contributed by atoms with E-state index in [2.05, 4.69) is 29.1 Å². The van der Waals surface area contributed by atoms with Crippen molar-refractivity contribution < 1.29 is 29.0 Å². The van der Waals surface area contributed by atoms with E-state index < -0.39 is 41.6 Å². The smallest absolute Gasteiger partial charge is 0.312 e. The lowest BCUT2D eigenvalue weighted by molar-refractivity contribution is -0.155. The van der Waals surface area contributed by atoms with Crippen LogP contribution in [0, 0.1) is 31.6 Å². The fraction of sp³-hybridized carbons (Fsp3) is 0.594. The van der Waals surface area contributed by atoms with Gasteiger partial charge < -0.3 is 24.4 Å². The number of hydrogen-bond acceptors (Lipinski definition) is 6. The molecule has 3 heterocycles. The van der Waals surface area contributed by atoms with E-state index in [1.54, 1.807) is 17.1 Å². The van der Waals surface area contributed by atoms with Gasteiger partial charge in [-0.3, -0.25) is 14.4 Å². The molecule has 0 saturated carbocycles. The minimum Gasteiger partial charge on any atom is -0.465 e. The van der Waals surface area contributed by atoms with Crippen molar-refractivity contribution in [3.8, 4) is 0 Å². The van der Waals surface area contributed by atoms with Crippen molar-refractivity contribution in [3.05, 3.63) is 54.6 Å². The summed E-state index contributed by atoms with van der Waals surface area (Å²) in [6.45, 7) is 15.7. The van der Waals surface area contributed by atoms with Crippen LogP contribution >= 0.6 is 15.9 Å². The first-order valence-corrected chi connectivity index (χ1v) is 15.5. The van der Waals surface area contributed by atoms with Crippen LogP contribution in [0.3, 0.4) is 0 Å². The normalized spacial score (nSPS) is 29.0. The van der Waals surface area contributed by atoms with Gasteiger partial charge in [-0.15, -0.1) is 13.2 Å². The molecule has 1 aromatic rings. The fourth-order valence-corrected chi connectivity index (χ4v) is 8.07. The molecule has 1 spiro atoms. The number of hydrogen-bond donors (Lipinski definition) is 1. The first-order chi connectivity index (χ1) is 19.5. The minimum absolute atomic E-state index is 0.156. The number of alkyl halides is 1. The molecule has 1 aromatic carbocycles. The van der Waals surface area contributed by atoms with E-state index in [0.717, 1.165) is 16.8 Å². The zero-order valence-electron chi connectivity index (χ0n) is 24.6. The molecular weight excluding hydrogens is 588 g/mol. The molecule has 41 heavy (non-hydrogen) atoms. The lowest BCUT2D eigenvalue weighted by atomic mass is 9.70. The Balaban J connectivity index is 1.82. The lowest BCUT2D eigenvalue weighted by Gasteiger charge is -2.40. The minimum atomic E-state index is -1.24. The summed E-state index contributed by atoms with van der Waals surface area (Å²) in [6, 6.07) is 4.20. The van der Waals surface area contributed by atoms with Crippen molar-refractivity contribution in [1.29, 1.82) is 0 Å². The number of halogens is 1. The molecule has 0 radical (unpaired) electrons. The standard InChI is InChI=1S/C32H43BrN2O6/c1-7-9-10-15-40-31(39)24-25-29(37)35(22(18-36)16-19(3)4)28(32(25)17-23(33)27(24)41-32)30(38)34(14-8-2)26-20(5)12-11-13-21(26)6/h7-8,11-13,19,22-25,27-28,36H,1-2,9-10,14-18H2,3-6H3/t22-,23?,24+,25+,27+,28?,32?/m1/s1. The number of aliphatic hydroxyl groups excluding tert-OH is 1. The van der Waals surface area contributed by atoms with Gasteiger partial charge in [-0.05, 0) is 56.6 Å². The number of para-hydroxylation sites is 1. The summed E-state index contributed by atoms with van der Waals surface area (Å²) in [4.78, 5) is 45.7. The molecule has 3 saturated heterocycles. The number of benzene rings is 1. The van der Waals surface area contributed by atoms with Crippen LogP contribution in [-0.2, 0) is 23.9 Å². The SMILES string of the molecule is C=CCCCOC(=O)[C@H]1[C@H]2C(=O)N([C@@H](CO)CC(C)C)C(C(=O)N(CC=C)c3c(C)cccc3C)C23CC(Br)[C@@H]1O3. The third kappa shape index (κ3) is 5.53. The quantitative estimate of drug-likeness (QED) is 0.149. The maximum Gasteiger partial charge on any atom is 0.312 e. The van der Waals surface area contributed by atoms with E-state index in [-0.39, 0.29) is 42.3 Å². The maximum atomic E-state index is 14.8. The van der Waals surface area contributed by atoms with E-state index in [1.165, 1.54) is 4.90 Å². The number of likely N-dealkylation sites (tertiary alicyclic amines) is 1. The second-order valence-corrected chi connectivity index (χ2v) is 13.1. The summed E-state index contributed by atoms with van der Waals surface area (Å²) < 4.78 is 12.3. The van der Waals surface area contributed by atoms with Crippen LogP contribution < -0.4 is 4.90 Å². The topological polar surface area (TPSA) is 96.4 Å². The number of anilines is 1. The van der Waals surface area contributed by atoms with Gasteiger partial charge in [0.15, 0.2) is 0 Å². The van der Waals surface area contributed by atoms with Crippen molar-refractivity contribution in [2.24, 2.45) is 17.8 Å². The van der Waals surface area contributed by atoms with Crippen LogP contribution in [0.5, 0.6) is 0 Å². The van der Waals surface area contributed by atoms with E-state index >= 15 is 0 Å². The van der Waals surface area contributed by atoms with Crippen molar-refractivity contribution >= 4 is 39.4 Å². The number of carbonyl (C=O) groups is 3. The first-order valence-electron chi connectivity index (χ1n) is 14.5. The maximum absolute atomic E-state index is 14.8. The number of fused-ring (bicyclic) bond motifs is 1. The van der Waals surface area contributed by atoms with Gasteiger partial charge in [0.05, 0.1) is 37.2 Å². The predicted octanol–water partition coefficient (Wildman–Crippen LogP) is 4.49. The van der Waals surface area contributed by atoms with Crippen molar-refractivity contribution in [2.45, 2.75) is 82.0 Å². The van der Waals surface area contributed by atoms with Crippen LogP contribution in [0.15, 0.2) is 43.5 Å². The van der Waals surface area contributed by atoms with Crippen LogP contribution in [-0.4, -0.2) is 76.2 Å². The first kappa shape index (κ1) is 31.4. The van der Waals surface area contributed by atoms with E-state index in [1.807, 2.05) is 45.9 Å². The average molecular weight is 632 g/mol. The number of aryl methyl sites for hydroxylation is 2. The highest BCUT2D eigenvalue weighted by Gasteiger charge is 2.77. The molecular formula is C32H43BrN2O6. The molecule has 3 unspecified atom stereocenters. The fourth-order valence-electron chi connectivity index (χ4n) is 7.13. The molecule has 8 nitrogen and oxygen atoms in total. The van der Waals surface area contributed by atoms with Crippen molar-refractivity contribution in [2.75, 3.05) is 24.7 Å². The second-order valence-electron chi connectivity index (χ2n) is 12.0. The van der Waals surface area contributed by atoms with Gasteiger partial charge in [0, 0.05) is 17.1 Å². The summed E-state index contributed by atoms with van der Waals surface area (Å²) in [5, 5.41) is 10.5. The van der Waals surface area contributed by atoms with Gasteiger partial charge in [0.2, 0.25) is 5.91 Å². The molecule has 2 amide bonds. The van der Waals surface area contributed by atoms with E-state index in [4.69, 9.17) is 9.47 Å². The van der Waals surface area contributed by atoms with Crippen LogP contribution in [0.4, 0.5) is 5.69 Å². The predicted molar refractivity (Wildman–Crippen MR) is 162 cm³/mol. The van der Waals surface area contributed by atoms with Gasteiger partial charge in [-0.2, -0.15) is 0 Å². The number of aliphatic hydroxyl groups is 1. The summed E-state index contributed by atoms with van der Waals surface area (Å²) in [7, 11) is 0. The van der Waals surface area contributed by atoms with Gasteiger partial charge in [0.1, 0.15) is 11.6 Å². The number of esters is 1. The highest BCUT2D eigenvalue weighted by molar-refractivity contribution is 9.09. The van der Waals surface area contributed by atoms with Crippen LogP contribution in [0.2, 0.25) is 0 Å². The number of amides is 2. The largest absolute Gasteiger partial charge is 0.465 e. The van der Waals surface area contributed by atoms with Gasteiger partial charge in [0.25, 0.3) is 5.91 Å². The van der Waals surface area contributed by atoms with Gasteiger partial charge >= 0.3 is 5.97 Å². The van der Waals surface area contributed by atoms with E-state index in [9.17, 15) is 19.5 Å². The molecule has 7 atom stereocenters. The molecule has 0 aliphatic carbocycles. The molecule has 3 aliphatic rings. The number of rotatable bonds is 13. The third-order valence-electron chi connectivity index (χ3n) is 8.66. The monoisotopic (exact) mass is 630 g/mol. The molecule has 2 bridgehead atoms. The molecule has 1 N–H and O–H groups in total. The molecule has 3 fully saturated rings. The Hall–Kier alpha value is -2.49. The Morgan fingerprint density at radius 2 is 1.95 bits per heavy atom. The average Bonchev–Trinajstić information content (AvgIpc) is 3.52. The van der Waals surface area contributed by atoms with Crippen LogP contribution in [0.1, 0.15) is 50.7 Å². The Labute approximate surface area is 251 Å². The Morgan fingerprint density at radius 1 is 1.27 bits per heavy atom.